The zero-order valence-electron chi connectivity index (χ0n) is 29.7. The first-order chi connectivity index (χ1) is 22.4. The van der Waals surface area contributed by atoms with E-state index in [0.29, 0.717) is 51.6 Å². The van der Waals surface area contributed by atoms with Crippen molar-refractivity contribution in [2.24, 2.45) is 28.6 Å². The summed E-state index contributed by atoms with van der Waals surface area (Å²) >= 11 is 0. The van der Waals surface area contributed by atoms with Crippen LogP contribution in [0.4, 0.5) is 4.79 Å². The Morgan fingerprint density at radius 3 is 2.17 bits per heavy atom. The lowest BCUT2D eigenvalue weighted by atomic mass is 9.78. The molecule has 48 heavy (non-hydrogen) atoms. The highest BCUT2D eigenvalue weighted by Gasteiger charge is 2.70. The molecular weight excluding hydrogens is 634 g/mol. The molecule has 5 amide bonds. The lowest BCUT2D eigenvalue weighted by Gasteiger charge is -2.43. The fourth-order valence-corrected chi connectivity index (χ4v) is 11.2. The SMILES string of the molecule is CCCNC(=O)C(=O)C(CC1CC1)NC(=O)[C@@H]1[C@@H]2[C@H](CN1C(=O)[C@@H](NC(=O)NC1(C3CCCS3(=O)=O)CCCCC1)C(C)(C)C)C2(C)C. The minimum Gasteiger partial charge on any atom is -0.349 e. The third kappa shape index (κ3) is 7.40. The summed E-state index contributed by atoms with van der Waals surface area (Å²) in [5.41, 5.74) is -1.80. The fraction of sp³-hybridized carbons (Fsp3) is 0.857. The van der Waals surface area contributed by atoms with Crippen molar-refractivity contribution in [2.75, 3.05) is 18.8 Å². The zero-order chi connectivity index (χ0) is 35.2. The number of nitrogens with zero attached hydrogens (tertiary/aromatic N) is 1. The highest BCUT2D eigenvalue weighted by molar-refractivity contribution is 7.92. The van der Waals surface area contributed by atoms with Crippen LogP contribution in [-0.4, -0.2) is 90.6 Å². The summed E-state index contributed by atoms with van der Waals surface area (Å²) in [5.74, 6) is -1.88. The maximum atomic E-state index is 14.5. The van der Waals surface area contributed by atoms with Crippen LogP contribution in [-0.2, 0) is 29.0 Å². The average molecular weight is 692 g/mol. The number of likely N-dealkylation sites (tertiary alicyclic amines) is 1. The van der Waals surface area contributed by atoms with Gasteiger partial charge < -0.3 is 26.2 Å². The van der Waals surface area contributed by atoms with Crippen molar-refractivity contribution in [2.45, 2.75) is 141 Å². The van der Waals surface area contributed by atoms with Crippen LogP contribution in [0.25, 0.3) is 0 Å². The molecule has 0 aromatic carbocycles. The Bertz CT molecular complexity index is 1400. The predicted octanol–water partition coefficient (Wildman–Crippen LogP) is 2.84. The van der Waals surface area contributed by atoms with Crippen LogP contribution in [0.2, 0.25) is 0 Å². The summed E-state index contributed by atoms with van der Waals surface area (Å²) in [4.78, 5) is 69.7. The number of carbonyl (C=O) groups excluding carboxylic acids is 5. The number of nitrogens with one attached hydrogen (secondary N) is 4. The fourth-order valence-electron chi connectivity index (χ4n) is 8.80. The number of hydrogen-bond donors (Lipinski definition) is 4. The van der Waals surface area contributed by atoms with Crippen LogP contribution >= 0.6 is 0 Å². The van der Waals surface area contributed by atoms with Crippen LogP contribution in [0, 0.1) is 28.6 Å². The van der Waals surface area contributed by atoms with Gasteiger partial charge in [-0.3, -0.25) is 19.2 Å². The molecular formula is C35H57N5O7S. The maximum absolute atomic E-state index is 14.5. The number of hydrogen-bond acceptors (Lipinski definition) is 7. The van der Waals surface area contributed by atoms with Gasteiger partial charge in [0.25, 0.3) is 5.91 Å². The molecule has 3 saturated carbocycles. The van der Waals surface area contributed by atoms with Crippen molar-refractivity contribution < 1.29 is 32.4 Å². The first-order valence-electron chi connectivity index (χ1n) is 18.2. The highest BCUT2D eigenvalue weighted by Crippen LogP contribution is 2.65. The van der Waals surface area contributed by atoms with Gasteiger partial charge in [0, 0.05) is 13.1 Å². The van der Waals surface area contributed by atoms with Gasteiger partial charge in [-0.05, 0) is 67.1 Å². The molecule has 0 aromatic heterocycles. The summed E-state index contributed by atoms with van der Waals surface area (Å²) < 4.78 is 26.1. The number of amides is 5. The molecule has 12 nitrogen and oxygen atoms in total. The van der Waals surface area contributed by atoms with E-state index in [2.05, 4.69) is 35.1 Å². The number of ketones is 1. The molecule has 0 aromatic rings. The molecule has 2 aliphatic heterocycles. The van der Waals surface area contributed by atoms with Gasteiger partial charge in [0.2, 0.25) is 17.6 Å². The van der Waals surface area contributed by atoms with E-state index in [1.165, 1.54) is 0 Å². The molecule has 0 bridgehead atoms. The lowest BCUT2D eigenvalue weighted by molar-refractivity contribution is -0.145. The third-order valence-corrected chi connectivity index (χ3v) is 14.3. The number of rotatable bonds is 12. The number of piperidine rings is 1. The van der Waals surface area contributed by atoms with Crippen LogP contribution in [0.5, 0.6) is 0 Å². The van der Waals surface area contributed by atoms with E-state index < -0.39 is 73.7 Å². The largest absolute Gasteiger partial charge is 0.349 e. The predicted molar refractivity (Wildman–Crippen MR) is 181 cm³/mol. The quantitative estimate of drug-likeness (QED) is 0.228. The summed E-state index contributed by atoms with van der Waals surface area (Å²) in [5, 5.41) is 10.9. The number of sulfone groups is 1. The van der Waals surface area contributed by atoms with Gasteiger partial charge in [-0.15, -0.1) is 0 Å². The molecule has 5 rings (SSSR count). The van der Waals surface area contributed by atoms with Crippen molar-refractivity contribution in [1.29, 1.82) is 0 Å². The molecule has 13 heteroatoms. The minimum atomic E-state index is -3.35. The van der Waals surface area contributed by atoms with E-state index in [0.717, 1.165) is 32.1 Å². The molecule has 0 spiro atoms. The molecule has 2 saturated heterocycles. The molecule has 2 unspecified atom stereocenters. The molecule has 6 atom stereocenters. The van der Waals surface area contributed by atoms with Gasteiger partial charge in [0.1, 0.15) is 12.1 Å². The van der Waals surface area contributed by atoms with E-state index in [4.69, 9.17) is 0 Å². The number of Topliss-reactive ketones (excluding diaryl/α,β-unsaturated/α-hetero) is 1. The summed E-state index contributed by atoms with van der Waals surface area (Å²) in [7, 11) is -3.35. The smallest absolute Gasteiger partial charge is 0.315 e. The molecule has 0 radical (unpaired) electrons. The number of carbonyl (C=O) groups is 5. The van der Waals surface area contributed by atoms with Gasteiger partial charge in [-0.2, -0.15) is 0 Å². The normalized spacial score (nSPS) is 29.6. The highest BCUT2D eigenvalue weighted by atomic mass is 32.2. The lowest BCUT2D eigenvalue weighted by Crippen LogP contribution is -2.65. The van der Waals surface area contributed by atoms with Crippen molar-refractivity contribution in [3.05, 3.63) is 0 Å². The number of urea groups is 1. The molecule has 3 aliphatic carbocycles. The van der Waals surface area contributed by atoms with Crippen molar-refractivity contribution in [3.63, 3.8) is 0 Å². The summed E-state index contributed by atoms with van der Waals surface area (Å²) in [6.07, 6.45) is 7.80. The van der Waals surface area contributed by atoms with Crippen LogP contribution in [0.15, 0.2) is 0 Å². The molecule has 5 fully saturated rings. The Balaban J connectivity index is 1.34. The van der Waals surface area contributed by atoms with Crippen molar-refractivity contribution in [3.8, 4) is 0 Å². The van der Waals surface area contributed by atoms with Gasteiger partial charge in [-0.1, -0.05) is 73.6 Å². The molecule has 4 N–H and O–H groups in total. The van der Waals surface area contributed by atoms with Crippen molar-refractivity contribution >= 4 is 39.4 Å². The molecule has 2 heterocycles. The average Bonchev–Trinajstić information content (AvgIpc) is 3.79. The second kappa shape index (κ2) is 13.5. The minimum absolute atomic E-state index is 0.0789. The van der Waals surface area contributed by atoms with E-state index in [-0.39, 0.29) is 28.9 Å². The van der Waals surface area contributed by atoms with Crippen LogP contribution in [0.3, 0.4) is 0 Å². The Morgan fingerprint density at radius 2 is 1.60 bits per heavy atom. The first kappa shape index (κ1) is 36.6. The van der Waals surface area contributed by atoms with Gasteiger partial charge in [0.15, 0.2) is 9.84 Å². The van der Waals surface area contributed by atoms with Gasteiger partial charge in [-0.25, -0.2) is 13.2 Å². The third-order valence-electron chi connectivity index (χ3n) is 11.9. The van der Waals surface area contributed by atoms with E-state index in [1.807, 2.05) is 27.7 Å². The maximum Gasteiger partial charge on any atom is 0.315 e. The molecule has 5 aliphatic rings. The standard InChI is InChI=1S/C35H57N5O7S/c1-7-17-36-30(43)27(41)23(19-21-13-14-21)37-29(42)26-25-22(34(25,5)6)20-40(26)31(44)28(33(2,3)4)38-32(45)39-35(15-9-8-10-16-35)24-12-11-18-48(24,46)47/h21-26,28H,7-20H2,1-6H3,(H,36,43)(H,37,42)(H2,38,39,45)/t22-,23?,24?,25-,26-,28+/m0/s1. The first-order valence-corrected chi connectivity index (χ1v) is 19.9. The topological polar surface area (TPSA) is 171 Å². The van der Waals surface area contributed by atoms with Crippen molar-refractivity contribution in [1.82, 2.24) is 26.2 Å². The summed E-state index contributed by atoms with van der Waals surface area (Å²) in [6.45, 7) is 12.3. The number of fused-ring (bicyclic) bond motifs is 1. The van der Waals surface area contributed by atoms with Crippen LogP contribution in [0.1, 0.15) is 112 Å². The zero-order valence-corrected chi connectivity index (χ0v) is 30.5. The van der Waals surface area contributed by atoms with Gasteiger partial charge in [0.05, 0.1) is 22.6 Å². The monoisotopic (exact) mass is 691 g/mol. The van der Waals surface area contributed by atoms with Crippen LogP contribution < -0.4 is 21.3 Å². The van der Waals surface area contributed by atoms with Gasteiger partial charge >= 0.3 is 6.03 Å². The van der Waals surface area contributed by atoms with E-state index >= 15 is 0 Å². The Morgan fingerprint density at radius 1 is 0.938 bits per heavy atom. The Hall–Kier alpha value is -2.70. The second-order valence-corrected chi connectivity index (χ2v) is 19.2. The Labute approximate surface area is 286 Å². The van der Waals surface area contributed by atoms with E-state index in [1.54, 1.807) is 4.90 Å². The van der Waals surface area contributed by atoms with E-state index in [9.17, 15) is 32.4 Å². The summed E-state index contributed by atoms with van der Waals surface area (Å²) in [6, 6.07) is -3.40. The molecule has 270 valence electrons. The Kier molecular flexibility index (Phi) is 10.3. The second-order valence-electron chi connectivity index (χ2n) is 16.9.